The minimum absolute atomic E-state index is 0.0465. The number of hydrogen-bond donors (Lipinski definition) is 1. The zero-order valence-electron chi connectivity index (χ0n) is 20.6. The molecule has 1 N–H and O–H groups in total. The summed E-state index contributed by atoms with van der Waals surface area (Å²) in [4.78, 5) is 0. The number of rotatable bonds is 6. The van der Waals surface area contributed by atoms with Crippen molar-refractivity contribution < 1.29 is 5.11 Å². The fourth-order valence-corrected chi connectivity index (χ4v) is 8.93. The summed E-state index contributed by atoms with van der Waals surface area (Å²) < 4.78 is 0. The molecule has 0 spiro atoms. The highest BCUT2D eigenvalue weighted by molar-refractivity contribution is 5.27. The van der Waals surface area contributed by atoms with Crippen LogP contribution in [-0.4, -0.2) is 11.2 Å². The molecule has 30 heavy (non-hydrogen) atoms. The second kappa shape index (κ2) is 8.42. The fraction of sp³-hybridized carbons (Fsp3) is 0.862. The molecule has 0 bridgehead atoms. The smallest absolute Gasteiger partial charge is 0.0543 e. The Kier molecular flexibility index (Phi) is 6.35. The van der Waals surface area contributed by atoms with Gasteiger partial charge in [0.15, 0.2) is 0 Å². The first kappa shape index (κ1) is 22.6. The predicted molar refractivity (Wildman–Crippen MR) is 128 cm³/mol. The molecule has 0 aromatic heterocycles. The molecule has 0 aliphatic heterocycles. The van der Waals surface area contributed by atoms with Gasteiger partial charge in [-0.05, 0) is 124 Å². The van der Waals surface area contributed by atoms with Gasteiger partial charge in [-0.25, -0.2) is 0 Å². The van der Waals surface area contributed by atoms with Crippen molar-refractivity contribution in [2.75, 3.05) is 0 Å². The molecule has 4 aliphatic rings. The molecule has 0 radical (unpaired) electrons. The molecule has 0 heterocycles. The average Bonchev–Trinajstić information content (AvgIpc) is 3.06. The van der Waals surface area contributed by atoms with Crippen LogP contribution < -0.4 is 0 Å². The van der Waals surface area contributed by atoms with Crippen molar-refractivity contribution in [3.8, 4) is 0 Å². The van der Waals surface area contributed by atoms with Gasteiger partial charge in [0.2, 0.25) is 0 Å². The van der Waals surface area contributed by atoms with Gasteiger partial charge in [-0.2, -0.15) is 0 Å². The highest BCUT2D eigenvalue weighted by Crippen LogP contribution is 2.67. The van der Waals surface area contributed by atoms with Crippen LogP contribution in [0, 0.1) is 46.3 Å². The summed E-state index contributed by atoms with van der Waals surface area (Å²) in [5.74, 6) is 4.78. The predicted octanol–water partition coefficient (Wildman–Crippen LogP) is 7.94. The third-order valence-electron chi connectivity index (χ3n) is 11.0. The largest absolute Gasteiger partial charge is 0.393 e. The number of allylic oxidation sites excluding steroid dienone is 3. The van der Waals surface area contributed by atoms with E-state index < -0.39 is 0 Å². The van der Waals surface area contributed by atoms with E-state index in [0.717, 1.165) is 36.5 Å². The van der Waals surface area contributed by atoms with Gasteiger partial charge in [0.05, 0.1) is 6.10 Å². The fourth-order valence-electron chi connectivity index (χ4n) is 8.93. The molecule has 170 valence electrons. The zero-order chi connectivity index (χ0) is 21.7. The Morgan fingerprint density at radius 3 is 2.50 bits per heavy atom. The first-order valence-electron chi connectivity index (χ1n) is 13.2. The first-order chi connectivity index (χ1) is 14.2. The van der Waals surface area contributed by atoms with Gasteiger partial charge >= 0.3 is 0 Å². The van der Waals surface area contributed by atoms with E-state index >= 15 is 0 Å². The number of fused-ring (bicyclic) bond motifs is 5. The van der Waals surface area contributed by atoms with Crippen LogP contribution in [0.3, 0.4) is 0 Å². The molecule has 0 amide bonds. The molecular weight excluding hydrogens is 364 g/mol. The van der Waals surface area contributed by atoms with Crippen molar-refractivity contribution in [2.45, 2.75) is 111 Å². The maximum Gasteiger partial charge on any atom is 0.0543 e. The molecule has 0 saturated heterocycles. The van der Waals surface area contributed by atoms with Gasteiger partial charge in [-0.15, -0.1) is 0 Å². The Labute approximate surface area is 186 Å². The maximum absolute atomic E-state index is 10.3. The van der Waals surface area contributed by atoms with Crippen molar-refractivity contribution in [3.63, 3.8) is 0 Å². The standard InChI is InChI=1S/C29H48O/c1-7-21(19(2)3)9-8-20(4)25-12-13-26-24-11-10-22-18-23(30)14-16-28(22,5)27(24)15-17-29(25,26)6/h11,20-23,25-27,30H,2,7-10,12-18H2,1,3-6H3/t20-,21-,22+,23+,25-,26+,27+,28+,29-/m1/s1. The van der Waals surface area contributed by atoms with Gasteiger partial charge in [0.25, 0.3) is 0 Å². The Morgan fingerprint density at radius 1 is 1.10 bits per heavy atom. The van der Waals surface area contributed by atoms with Crippen LogP contribution in [0.1, 0.15) is 105 Å². The van der Waals surface area contributed by atoms with Gasteiger partial charge in [0, 0.05) is 0 Å². The van der Waals surface area contributed by atoms with Crippen molar-refractivity contribution >= 4 is 0 Å². The second-order valence-corrected chi connectivity index (χ2v) is 12.4. The molecule has 3 fully saturated rings. The van der Waals surface area contributed by atoms with Gasteiger partial charge in [-0.3, -0.25) is 0 Å². The topological polar surface area (TPSA) is 20.2 Å². The van der Waals surface area contributed by atoms with Crippen molar-refractivity contribution in [3.05, 3.63) is 23.8 Å². The average molecular weight is 413 g/mol. The van der Waals surface area contributed by atoms with Crippen LogP contribution in [0.5, 0.6) is 0 Å². The van der Waals surface area contributed by atoms with E-state index in [9.17, 15) is 5.11 Å². The highest BCUT2D eigenvalue weighted by Gasteiger charge is 2.58. The van der Waals surface area contributed by atoms with Crippen LogP contribution in [0.15, 0.2) is 23.8 Å². The Hall–Kier alpha value is -0.560. The molecule has 1 nitrogen and oxygen atoms in total. The summed E-state index contributed by atoms with van der Waals surface area (Å²) in [6.45, 7) is 16.6. The summed E-state index contributed by atoms with van der Waals surface area (Å²) in [5, 5.41) is 10.3. The quantitative estimate of drug-likeness (QED) is 0.439. The molecule has 1 heteroatoms. The Balaban J connectivity index is 1.49. The number of aliphatic hydroxyl groups excluding tert-OH is 1. The van der Waals surface area contributed by atoms with E-state index in [1.807, 2.05) is 5.57 Å². The SMILES string of the molecule is C=C(C)[C@H](CC)CC[C@@H](C)[C@H]1CC[C@H]2C3=CC[C@H]4C[C@@H](O)CC[C@]4(C)[C@H]3CC[C@]12C. The van der Waals surface area contributed by atoms with Crippen LogP contribution in [0.25, 0.3) is 0 Å². The van der Waals surface area contributed by atoms with Crippen LogP contribution >= 0.6 is 0 Å². The summed E-state index contributed by atoms with van der Waals surface area (Å²) in [7, 11) is 0. The van der Waals surface area contributed by atoms with E-state index in [4.69, 9.17) is 0 Å². The summed E-state index contributed by atoms with van der Waals surface area (Å²) >= 11 is 0. The van der Waals surface area contributed by atoms with Crippen LogP contribution in [0.4, 0.5) is 0 Å². The Bertz CT molecular complexity index is 676. The van der Waals surface area contributed by atoms with E-state index in [-0.39, 0.29) is 6.10 Å². The molecule has 0 aromatic rings. The molecule has 0 unspecified atom stereocenters. The van der Waals surface area contributed by atoms with Crippen molar-refractivity contribution in [1.29, 1.82) is 0 Å². The number of aliphatic hydroxyl groups is 1. The summed E-state index contributed by atoms with van der Waals surface area (Å²) in [6.07, 6.45) is 16.8. The monoisotopic (exact) mass is 412 g/mol. The highest BCUT2D eigenvalue weighted by atomic mass is 16.3. The molecule has 0 aromatic carbocycles. The zero-order valence-corrected chi connectivity index (χ0v) is 20.6. The maximum atomic E-state index is 10.3. The van der Waals surface area contributed by atoms with Gasteiger partial charge in [-0.1, -0.05) is 51.5 Å². The van der Waals surface area contributed by atoms with Gasteiger partial charge < -0.3 is 5.11 Å². The third-order valence-corrected chi connectivity index (χ3v) is 11.0. The summed E-state index contributed by atoms with van der Waals surface area (Å²) in [6, 6.07) is 0. The molecular formula is C29H48O. The third kappa shape index (κ3) is 3.66. The minimum Gasteiger partial charge on any atom is -0.393 e. The molecule has 4 rings (SSSR count). The van der Waals surface area contributed by atoms with Gasteiger partial charge in [0.1, 0.15) is 0 Å². The van der Waals surface area contributed by atoms with Crippen molar-refractivity contribution in [2.24, 2.45) is 46.3 Å². The Morgan fingerprint density at radius 2 is 1.80 bits per heavy atom. The second-order valence-electron chi connectivity index (χ2n) is 12.4. The lowest BCUT2D eigenvalue weighted by molar-refractivity contribution is -0.0428. The van der Waals surface area contributed by atoms with Crippen LogP contribution in [0.2, 0.25) is 0 Å². The normalized spacial score (nSPS) is 45.0. The minimum atomic E-state index is -0.0465. The van der Waals surface area contributed by atoms with Crippen molar-refractivity contribution in [1.82, 2.24) is 0 Å². The summed E-state index contributed by atoms with van der Waals surface area (Å²) in [5.41, 5.74) is 4.21. The van der Waals surface area contributed by atoms with Crippen LogP contribution in [-0.2, 0) is 0 Å². The lowest BCUT2D eigenvalue weighted by Gasteiger charge is -2.57. The lowest BCUT2D eigenvalue weighted by atomic mass is 9.47. The van der Waals surface area contributed by atoms with E-state index in [0.29, 0.717) is 22.7 Å². The molecule has 9 atom stereocenters. The van der Waals surface area contributed by atoms with E-state index in [1.54, 1.807) is 0 Å². The molecule has 4 aliphatic carbocycles. The number of hydrogen-bond acceptors (Lipinski definition) is 1. The first-order valence-corrected chi connectivity index (χ1v) is 13.2. The lowest BCUT2D eigenvalue weighted by Crippen LogP contribution is -2.49. The molecule has 3 saturated carbocycles. The van der Waals surface area contributed by atoms with E-state index in [1.165, 1.54) is 63.4 Å². The van der Waals surface area contributed by atoms with E-state index in [2.05, 4.69) is 47.3 Å².